The van der Waals surface area contributed by atoms with Crippen molar-refractivity contribution >= 4 is 22.9 Å². The van der Waals surface area contributed by atoms with Crippen LogP contribution in [0.15, 0.2) is 41.8 Å². The molecule has 1 heterocycles. The third-order valence-electron chi connectivity index (χ3n) is 3.87. The van der Waals surface area contributed by atoms with Gasteiger partial charge in [-0.05, 0) is 43.0 Å². The van der Waals surface area contributed by atoms with Gasteiger partial charge in [-0.3, -0.25) is 9.69 Å². The maximum Gasteiger partial charge on any atom is 0.238 e. The zero-order chi connectivity index (χ0) is 16.1. The maximum atomic E-state index is 12.3. The van der Waals surface area contributed by atoms with E-state index in [2.05, 4.69) is 48.5 Å². The molecular weight excluding hydrogens is 292 g/mol. The molecule has 0 aliphatic heterocycles. The van der Waals surface area contributed by atoms with Gasteiger partial charge in [0.05, 0.1) is 6.54 Å². The molecule has 118 valence electrons. The van der Waals surface area contributed by atoms with Crippen LogP contribution in [0.4, 0.5) is 5.69 Å². The Morgan fingerprint density at radius 3 is 2.55 bits per heavy atom. The van der Waals surface area contributed by atoms with E-state index in [1.54, 1.807) is 11.3 Å². The van der Waals surface area contributed by atoms with Crippen LogP contribution in [0.2, 0.25) is 0 Å². The monoisotopic (exact) mass is 316 g/mol. The van der Waals surface area contributed by atoms with Crippen LogP contribution < -0.4 is 5.32 Å². The second-order valence-electron chi connectivity index (χ2n) is 5.90. The number of rotatable bonds is 6. The van der Waals surface area contributed by atoms with Gasteiger partial charge in [0, 0.05) is 16.6 Å². The Labute approximate surface area is 137 Å². The largest absolute Gasteiger partial charge is 0.325 e. The van der Waals surface area contributed by atoms with E-state index in [4.69, 9.17) is 0 Å². The van der Waals surface area contributed by atoms with E-state index >= 15 is 0 Å². The Morgan fingerprint density at radius 1 is 1.18 bits per heavy atom. The Kier molecular flexibility index (Phi) is 5.75. The van der Waals surface area contributed by atoms with Crippen molar-refractivity contribution in [2.45, 2.75) is 32.7 Å². The van der Waals surface area contributed by atoms with Gasteiger partial charge in [-0.1, -0.05) is 38.1 Å². The van der Waals surface area contributed by atoms with Gasteiger partial charge in [0.15, 0.2) is 0 Å². The first-order valence-corrected chi connectivity index (χ1v) is 8.49. The van der Waals surface area contributed by atoms with E-state index in [9.17, 15) is 4.79 Å². The summed E-state index contributed by atoms with van der Waals surface area (Å²) in [6.45, 7) is 6.78. The molecule has 0 saturated heterocycles. The van der Waals surface area contributed by atoms with Crippen molar-refractivity contribution in [3.8, 4) is 0 Å². The summed E-state index contributed by atoms with van der Waals surface area (Å²) >= 11 is 1.72. The summed E-state index contributed by atoms with van der Waals surface area (Å²) in [7, 11) is 1.98. The van der Waals surface area contributed by atoms with Crippen LogP contribution in [-0.2, 0) is 4.79 Å². The van der Waals surface area contributed by atoms with Gasteiger partial charge in [-0.25, -0.2) is 0 Å². The number of carbonyl (C=O) groups is 1. The minimum Gasteiger partial charge on any atom is -0.325 e. The first-order chi connectivity index (χ1) is 10.5. The van der Waals surface area contributed by atoms with Crippen molar-refractivity contribution < 1.29 is 4.79 Å². The van der Waals surface area contributed by atoms with Crippen LogP contribution in [0.3, 0.4) is 0 Å². The average Bonchev–Trinajstić information content (AvgIpc) is 3.00. The summed E-state index contributed by atoms with van der Waals surface area (Å²) in [5.74, 6) is 0.415. The summed E-state index contributed by atoms with van der Waals surface area (Å²) in [6.07, 6.45) is 0. The topological polar surface area (TPSA) is 32.3 Å². The number of carbonyl (C=O) groups excluding carboxylic acids is 1. The summed E-state index contributed by atoms with van der Waals surface area (Å²) in [6, 6.07) is 12.4. The number of likely N-dealkylation sites (N-methyl/N-ethyl adjacent to an activating group) is 1. The van der Waals surface area contributed by atoms with Gasteiger partial charge in [-0.15, -0.1) is 11.3 Å². The predicted octanol–water partition coefficient (Wildman–Crippen LogP) is 4.50. The third-order valence-corrected chi connectivity index (χ3v) is 4.91. The van der Waals surface area contributed by atoms with Gasteiger partial charge >= 0.3 is 0 Å². The molecule has 0 bridgehead atoms. The number of nitrogens with zero attached hydrogens (tertiary/aromatic N) is 1. The van der Waals surface area contributed by atoms with E-state index in [1.807, 2.05) is 31.3 Å². The molecule has 0 saturated carbocycles. The second-order valence-corrected chi connectivity index (χ2v) is 6.88. The van der Waals surface area contributed by atoms with Gasteiger partial charge in [0.1, 0.15) is 0 Å². The lowest BCUT2D eigenvalue weighted by atomic mass is 10.0. The molecule has 0 radical (unpaired) electrons. The molecule has 22 heavy (non-hydrogen) atoms. The van der Waals surface area contributed by atoms with E-state index in [0.717, 1.165) is 5.69 Å². The highest BCUT2D eigenvalue weighted by Crippen LogP contribution is 2.25. The Hall–Kier alpha value is -1.65. The number of hydrogen-bond acceptors (Lipinski definition) is 3. The average molecular weight is 316 g/mol. The summed E-state index contributed by atoms with van der Waals surface area (Å²) in [4.78, 5) is 15.7. The molecule has 4 heteroatoms. The van der Waals surface area contributed by atoms with Crippen molar-refractivity contribution in [3.05, 3.63) is 52.2 Å². The van der Waals surface area contributed by atoms with E-state index in [0.29, 0.717) is 12.5 Å². The standard InChI is InChI=1S/C18H24N2OS/c1-13(2)15-8-5-6-9-16(15)19-18(21)12-20(4)14(3)17-10-7-11-22-17/h5-11,13-14H,12H2,1-4H3,(H,19,21). The molecular formula is C18H24N2OS. The zero-order valence-electron chi connectivity index (χ0n) is 13.7. The lowest BCUT2D eigenvalue weighted by Crippen LogP contribution is -2.32. The SMILES string of the molecule is CC(C)c1ccccc1NC(=O)CN(C)C(C)c1cccs1. The second kappa shape index (κ2) is 7.56. The first-order valence-electron chi connectivity index (χ1n) is 7.61. The van der Waals surface area contributed by atoms with Crippen molar-refractivity contribution in [2.24, 2.45) is 0 Å². The van der Waals surface area contributed by atoms with Crippen LogP contribution in [0, 0.1) is 0 Å². The number of nitrogens with one attached hydrogen (secondary N) is 1. The zero-order valence-corrected chi connectivity index (χ0v) is 14.5. The molecule has 1 amide bonds. The molecule has 0 aliphatic carbocycles. The first kappa shape index (κ1) is 16.7. The van der Waals surface area contributed by atoms with E-state index in [-0.39, 0.29) is 11.9 Å². The molecule has 0 spiro atoms. The highest BCUT2D eigenvalue weighted by atomic mass is 32.1. The van der Waals surface area contributed by atoms with Crippen LogP contribution in [0.1, 0.15) is 43.2 Å². The normalized spacial score (nSPS) is 12.6. The number of anilines is 1. The van der Waals surface area contributed by atoms with Crippen molar-refractivity contribution in [1.29, 1.82) is 0 Å². The fourth-order valence-electron chi connectivity index (χ4n) is 2.41. The van der Waals surface area contributed by atoms with E-state index in [1.165, 1.54) is 10.4 Å². The lowest BCUT2D eigenvalue weighted by molar-refractivity contribution is -0.117. The molecule has 2 aromatic rings. The molecule has 1 aromatic heterocycles. The highest BCUT2D eigenvalue weighted by Gasteiger charge is 2.16. The number of benzene rings is 1. The number of thiophene rings is 1. The van der Waals surface area contributed by atoms with Crippen molar-refractivity contribution in [3.63, 3.8) is 0 Å². The number of para-hydroxylation sites is 1. The predicted molar refractivity (Wildman–Crippen MR) is 94.5 cm³/mol. The maximum absolute atomic E-state index is 12.3. The minimum atomic E-state index is 0.0269. The summed E-state index contributed by atoms with van der Waals surface area (Å²) in [5.41, 5.74) is 2.09. The quantitative estimate of drug-likeness (QED) is 0.851. The highest BCUT2D eigenvalue weighted by molar-refractivity contribution is 7.10. The smallest absolute Gasteiger partial charge is 0.238 e. The molecule has 3 nitrogen and oxygen atoms in total. The fraction of sp³-hybridized carbons (Fsp3) is 0.389. The minimum absolute atomic E-state index is 0.0269. The van der Waals surface area contributed by atoms with Gasteiger partial charge in [0.25, 0.3) is 0 Å². The van der Waals surface area contributed by atoms with Crippen LogP contribution in [0.25, 0.3) is 0 Å². The Morgan fingerprint density at radius 2 is 1.91 bits per heavy atom. The number of hydrogen-bond donors (Lipinski definition) is 1. The van der Waals surface area contributed by atoms with Gasteiger partial charge < -0.3 is 5.32 Å². The van der Waals surface area contributed by atoms with Crippen molar-refractivity contribution in [2.75, 3.05) is 18.9 Å². The van der Waals surface area contributed by atoms with Crippen LogP contribution >= 0.6 is 11.3 Å². The Balaban J connectivity index is 1.98. The molecule has 1 unspecified atom stereocenters. The molecule has 0 aliphatic rings. The van der Waals surface area contributed by atoms with Gasteiger partial charge in [-0.2, -0.15) is 0 Å². The third kappa shape index (κ3) is 4.18. The van der Waals surface area contributed by atoms with Crippen molar-refractivity contribution in [1.82, 2.24) is 4.90 Å². The van der Waals surface area contributed by atoms with Crippen LogP contribution in [-0.4, -0.2) is 24.4 Å². The van der Waals surface area contributed by atoms with Gasteiger partial charge in [0.2, 0.25) is 5.91 Å². The fourth-order valence-corrected chi connectivity index (χ4v) is 3.26. The molecule has 1 aromatic carbocycles. The molecule has 1 N–H and O–H groups in total. The Bertz CT molecular complexity index is 607. The molecule has 2 rings (SSSR count). The van der Waals surface area contributed by atoms with Crippen LogP contribution in [0.5, 0.6) is 0 Å². The summed E-state index contributed by atoms with van der Waals surface area (Å²) < 4.78 is 0. The molecule has 1 atom stereocenters. The lowest BCUT2D eigenvalue weighted by Gasteiger charge is -2.23. The summed E-state index contributed by atoms with van der Waals surface area (Å²) in [5, 5.41) is 5.11. The van der Waals surface area contributed by atoms with E-state index < -0.39 is 0 Å². The number of amides is 1. The molecule has 0 fully saturated rings.